The van der Waals surface area contributed by atoms with E-state index in [1.807, 2.05) is 30.3 Å². The smallest absolute Gasteiger partial charge is 0.226 e. The van der Waals surface area contributed by atoms with Crippen molar-refractivity contribution in [2.75, 3.05) is 0 Å². The van der Waals surface area contributed by atoms with Gasteiger partial charge in [0, 0.05) is 27.4 Å². The Morgan fingerprint density at radius 1 is 1.14 bits per heavy atom. The molecular formula is C23H21ClN2O2S. The van der Waals surface area contributed by atoms with Crippen molar-refractivity contribution in [3.8, 4) is 17.0 Å². The first-order valence-corrected chi connectivity index (χ1v) is 11.2. The summed E-state index contributed by atoms with van der Waals surface area (Å²) in [4.78, 5) is 11.4. The van der Waals surface area contributed by atoms with Gasteiger partial charge in [-0.1, -0.05) is 36.7 Å². The lowest BCUT2D eigenvalue weighted by atomic mass is 9.97. The number of furan rings is 1. The molecule has 0 atom stereocenters. The van der Waals surface area contributed by atoms with Gasteiger partial charge in [-0.2, -0.15) is 0 Å². The number of thiophene rings is 1. The summed E-state index contributed by atoms with van der Waals surface area (Å²) in [5, 5.41) is 1.80. The largest absolute Gasteiger partial charge is 0.469 e. The molecule has 0 unspecified atom stereocenters. The molecule has 0 amide bonds. The normalized spacial score (nSPS) is 13.6. The number of aryl methyl sites for hydroxylation is 3. The lowest BCUT2D eigenvalue weighted by Gasteiger charge is -2.11. The van der Waals surface area contributed by atoms with Crippen LogP contribution in [0, 0.1) is 0 Å². The molecule has 29 heavy (non-hydrogen) atoms. The van der Waals surface area contributed by atoms with Crippen LogP contribution in [0.1, 0.15) is 41.7 Å². The van der Waals surface area contributed by atoms with E-state index in [0.29, 0.717) is 12.5 Å². The van der Waals surface area contributed by atoms with Crippen LogP contribution < -0.4 is 4.74 Å². The van der Waals surface area contributed by atoms with Gasteiger partial charge < -0.3 is 9.15 Å². The summed E-state index contributed by atoms with van der Waals surface area (Å²) >= 11 is 8.18. The molecular weight excluding hydrogens is 404 g/mol. The summed E-state index contributed by atoms with van der Waals surface area (Å²) in [6.07, 6.45) is 7.06. The molecule has 1 aliphatic rings. The summed E-state index contributed by atoms with van der Waals surface area (Å²) in [5.74, 6) is 2.34. The zero-order valence-electron chi connectivity index (χ0n) is 16.2. The molecule has 0 bridgehead atoms. The first-order valence-electron chi connectivity index (χ1n) is 9.99. The first kappa shape index (κ1) is 18.6. The maximum Gasteiger partial charge on any atom is 0.226 e. The van der Waals surface area contributed by atoms with Gasteiger partial charge in [-0.25, -0.2) is 9.97 Å². The molecule has 0 spiro atoms. The van der Waals surface area contributed by atoms with E-state index in [-0.39, 0.29) is 0 Å². The molecule has 148 valence electrons. The molecule has 6 heteroatoms. The van der Waals surface area contributed by atoms with Crippen molar-refractivity contribution in [2.24, 2.45) is 0 Å². The number of aromatic nitrogens is 2. The zero-order valence-corrected chi connectivity index (χ0v) is 17.8. The van der Waals surface area contributed by atoms with Gasteiger partial charge >= 0.3 is 0 Å². The number of hydrogen-bond acceptors (Lipinski definition) is 5. The summed E-state index contributed by atoms with van der Waals surface area (Å²) in [6, 6.07) is 9.87. The summed E-state index contributed by atoms with van der Waals surface area (Å²) in [7, 11) is 0. The van der Waals surface area contributed by atoms with Crippen molar-refractivity contribution in [1.29, 1.82) is 0 Å². The predicted octanol–water partition coefficient (Wildman–Crippen LogP) is 6.62. The Morgan fingerprint density at radius 2 is 2.00 bits per heavy atom. The summed E-state index contributed by atoms with van der Waals surface area (Å²) < 4.78 is 12.2. The molecule has 0 saturated carbocycles. The molecule has 5 rings (SSSR count). The molecule has 3 aromatic heterocycles. The molecule has 0 radical (unpaired) electrons. The Balaban J connectivity index is 1.45. The van der Waals surface area contributed by atoms with Crippen LogP contribution in [0.15, 0.2) is 41.1 Å². The minimum Gasteiger partial charge on any atom is -0.469 e. The van der Waals surface area contributed by atoms with Crippen LogP contribution in [-0.4, -0.2) is 9.97 Å². The van der Waals surface area contributed by atoms with E-state index in [9.17, 15) is 0 Å². The van der Waals surface area contributed by atoms with E-state index in [1.165, 1.54) is 23.3 Å². The third-order valence-electron chi connectivity index (χ3n) is 5.41. The van der Waals surface area contributed by atoms with Gasteiger partial charge in [0.1, 0.15) is 29.3 Å². The van der Waals surface area contributed by atoms with Crippen LogP contribution in [0.2, 0.25) is 5.02 Å². The molecule has 4 nitrogen and oxygen atoms in total. The predicted molar refractivity (Wildman–Crippen MR) is 117 cm³/mol. The Bertz CT molecular complexity index is 1180. The molecule has 0 aliphatic heterocycles. The van der Waals surface area contributed by atoms with Gasteiger partial charge in [-0.05, 0) is 43.4 Å². The highest BCUT2D eigenvalue weighted by molar-refractivity contribution is 7.18. The number of fused-ring (bicyclic) bond motifs is 3. The molecule has 1 aliphatic carbocycles. The van der Waals surface area contributed by atoms with Crippen molar-refractivity contribution in [3.63, 3.8) is 0 Å². The fourth-order valence-electron chi connectivity index (χ4n) is 4.04. The average Bonchev–Trinajstić information content (AvgIpc) is 3.34. The second-order valence-electron chi connectivity index (χ2n) is 7.24. The van der Waals surface area contributed by atoms with E-state index < -0.39 is 0 Å². The van der Waals surface area contributed by atoms with Gasteiger partial charge in [0.15, 0.2) is 0 Å². The second-order valence-corrected chi connectivity index (χ2v) is 8.73. The van der Waals surface area contributed by atoms with Crippen LogP contribution >= 0.6 is 22.9 Å². The van der Waals surface area contributed by atoms with Gasteiger partial charge in [0.25, 0.3) is 0 Å². The van der Waals surface area contributed by atoms with Gasteiger partial charge in [-0.15, -0.1) is 11.3 Å². The fourth-order valence-corrected chi connectivity index (χ4v) is 5.49. The Hall–Kier alpha value is -2.37. The van der Waals surface area contributed by atoms with Crippen molar-refractivity contribution in [1.82, 2.24) is 9.97 Å². The van der Waals surface area contributed by atoms with Gasteiger partial charge in [0.05, 0.1) is 5.39 Å². The SMILES string of the molecule is CCc1oc(COc2ncnc3sc4c(c23)CCCC4)cc1-c1ccccc1Cl. The zero-order chi connectivity index (χ0) is 19.8. The maximum atomic E-state index is 6.40. The number of hydrogen-bond donors (Lipinski definition) is 0. The standard InChI is InChI=1S/C23H21ClN2O2S/c1-2-19-17(15-7-3-5-9-18(15)24)11-14(28-19)12-27-22-21-16-8-4-6-10-20(16)29-23(21)26-13-25-22/h3,5,7,9,11,13H,2,4,6,8,10,12H2,1H3. The van der Waals surface area contributed by atoms with E-state index in [2.05, 4.69) is 16.9 Å². The Labute approximate surface area is 178 Å². The maximum absolute atomic E-state index is 6.40. The van der Waals surface area contributed by atoms with E-state index in [4.69, 9.17) is 20.8 Å². The Kier molecular flexibility index (Phi) is 5.02. The lowest BCUT2D eigenvalue weighted by Crippen LogP contribution is -2.01. The average molecular weight is 425 g/mol. The molecule has 1 aromatic carbocycles. The van der Waals surface area contributed by atoms with Crippen LogP contribution in [0.3, 0.4) is 0 Å². The van der Waals surface area contributed by atoms with Gasteiger partial charge in [0.2, 0.25) is 5.88 Å². The van der Waals surface area contributed by atoms with Crippen LogP contribution in [0.25, 0.3) is 21.3 Å². The lowest BCUT2D eigenvalue weighted by molar-refractivity contribution is 0.260. The molecule has 0 saturated heterocycles. The monoisotopic (exact) mass is 424 g/mol. The number of halogens is 1. The number of benzene rings is 1. The minimum absolute atomic E-state index is 0.328. The highest BCUT2D eigenvalue weighted by Crippen LogP contribution is 2.39. The van der Waals surface area contributed by atoms with E-state index >= 15 is 0 Å². The number of nitrogens with zero attached hydrogens (tertiary/aromatic N) is 2. The van der Waals surface area contributed by atoms with Crippen LogP contribution in [0.5, 0.6) is 5.88 Å². The van der Waals surface area contributed by atoms with E-state index in [0.717, 1.165) is 57.1 Å². The minimum atomic E-state index is 0.328. The number of rotatable bonds is 5. The molecule has 3 heterocycles. The highest BCUT2D eigenvalue weighted by Gasteiger charge is 2.21. The highest BCUT2D eigenvalue weighted by atomic mass is 35.5. The topological polar surface area (TPSA) is 48.2 Å². The number of ether oxygens (including phenoxy) is 1. The van der Waals surface area contributed by atoms with Gasteiger partial charge in [-0.3, -0.25) is 0 Å². The van der Waals surface area contributed by atoms with Crippen LogP contribution in [0.4, 0.5) is 0 Å². The Morgan fingerprint density at radius 3 is 2.86 bits per heavy atom. The first-order chi connectivity index (χ1) is 14.2. The third-order valence-corrected chi connectivity index (χ3v) is 6.94. The molecule has 0 fully saturated rings. The fraction of sp³-hybridized carbons (Fsp3) is 0.304. The van der Waals surface area contributed by atoms with Crippen molar-refractivity contribution < 1.29 is 9.15 Å². The third kappa shape index (κ3) is 3.43. The van der Waals surface area contributed by atoms with E-state index in [1.54, 1.807) is 17.7 Å². The summed E-state index contributed by atoms with van der Waals surface area (Å²) in [6.45, 7) is 2.41. The quantitative estimate of drug-likeness (QED) is 0.361. The molecule has 4 aromatic rings. The van der Waals surface area contributed by atoms with Crippen molar-refractivity contribution in [3.05, 3.63) is 63.6 Å². The summed E-state index contributed by atoms with van der Waals surface area (Å²) in [5.41, 5.74) is 3.38. The second kappa shape index (κ2) is 7.81. The molecule has 0 N–H and O–H groups in total. The van der Waals surface area contributed by atoms with Crippen LogP contribution in [-0.2, 0) is 25.9 Å². The van der Waals surface area contributed by atoms with Crippen molar-refractivity contribution in [2.45, 2.75) is 45.6 Å². The van der Waals surface area contributed by atoms with Crippen molar-refractivity contribution >= 4 is 33.2 Å².